The molecule has 1 N–H and O–H groups in total. The Kier molecular flexibility index (Phi) is 7.31. The van der Waals surface area contributed by atoms with Crippen molar-refractivity contribution in [1.29, 1.82) is 0 Å². The Hall–Kier alpha value is -1.08. The van der Waals surface area contributed by atoms with Gasteiger partial charge in [0.15, 0.2) is 0 Å². The molecule has 0 unspecified atom stereocenters. The number of pyridine rings is 1. The van der Waals surface area contributed by atoms with Gasteiger partial charge in [-0.3, -0.25) is 0 Å². The normalized spacial score (nSPS) is 15.5. The number of fused-ring (bicyclic) bond motifs is 1. The summed E-state index contributed by atoms with van der Waals surface area (Å²) in [6.45, 7) is 6.04. The number of rotatable bonds is 5. The van der Waals surface area contributed by atoms with Crippen LogP contribution in [-0.2, 0) is 0 Å². The molecule has 0 amide bonds. The monoisotopic (exact) mass is 427 g/mol. The molecule has 1 aliphatic rings. The third kappa shape index (κ3) is 5.20. The standard InChI is InChI=1S/C18H26ClN5.BrH/c1-22(2)7-6-20-17-13-18(24-10-8-23(3)9-11-24)21-16-5-4-14(19)12-15(16)17;/h4-5,12-13H,6-11H2,1-3H3,(H,20,21);1H. The Morgan fingerprint density at radius 3 is 2.56 bits per heavy atom. The largest absolute Gasteiger partial charge is 0.383 e. The second kappa shape index (κ2) is 9.03. The van der Waals surface area contributed by atoms with E-state index in [-0.39, 0.29) is 17.0 Å². The third-order valence-electron chi connectivity index (χ3n) is 4.46. The van der Waals surface area contributed by atoms with Gasteiger partial charge in [-0.2, -0.15) is 0 Å². The molecule has 0 radical (unpaired) electrons. The third-order valence-corrected chi connectivity index (χ3v) is 4.69. The van der Waals surface area contributed by atoms with Crippen molar-refractivity contribution in [2.24, 2.45) is 0 Å². The molecule has 5 nitrogen and oxygen atoms in total. The number of hydrogen-bond donors (Lipinski definition) is 1. The first-order chi connectivity index (χ1) is 11.5. The highest BCUT2D eigenvalue weighted by molar-refractivity contribution is 8.93. The second-order valence-electron chi connectivity index (χ2n) is 6.71. The summed E-state index contributed by atoms with van der Waals surface area (Å²) in [5.74, 6) is 1.05. The van der Waals surface area contributed by atoms with Crippen LogP contribution in [0.15, 0.2) is 24.3 Å². The van der Waals surface area contributed by atoms with Crippen LogP contribution < -0.4 is 10.2 Å². The summed E-state index contributed by atoms with van der Waals surface area (Å²) < 4.78 is 0. The van der Waals surface area contributed by atoms with Gasteiger partial charge in [-0.25, -0.2) is 4.98 Å². The number of halogens is 2. The van der Waals surface area contributed by atoms with E-state index in [2.05, 4.69) is 47.2 Å². The zero-order valence-electron chi connectivity index (χ0n) is 15.1. The Labute approximate surface area is 165 Å². The van der Waals surface area contributed by atoms with Gasteiger partial charge in [-0.1, -0.05) is 11.6 Å². The van der Waals surface area contributed by atoms with E-state index < -0.39 is 0 Å². The van der Waals surface area contributed by atoms with Gasteiger partial charge in [0.2, 0.25) is 0 Å². The quantitative estimate of drug-likeness (QED) is 0.791. The highest BCUT2D eigenvalue weighted by Gasteiger charge is 2.17. The Morgan fingerprint density at radius 1 is 1.16 bits per heavy atom. The van der Waals surface area contributed by atoms with Gasteiger partial charge in [0.05, 0.1) is 5.52 Å². The van der Waals surface area contributed by atoms with Gasteiger partial charge >= 0.3 is 0 Å². The van der Waals surface area contributed by atoms with Crippen molar-refractivity contribution in [2.75, 3.05) is 70.6 Å². The minimum atomic E-state index is 0. The van der Waals surface area contributed by atoms with Crippen molar-refractivity contribution < 1.29 is 0 Å². The molecule has 1 fully saturated rings. The van der Waals surface area contributed by atoms with Gasteiger partial charge < -0.3 is 20.0 Å². The Bertz CT molecular complexity index is 701. The van der Waals surface area contributed by atoms with Crippen molar-refractivity contribution in [3.63, 3.8) is 0 Å². The smallest absolute Gasteiger partial charge is 0.131 e. The van der Waals surface area contributed by atoms with Crippen molar-refractivity contribution in [2.45, 2.75) is 0 Å². The van der Waals surface area contributed by atoms with Crippen molar-refractivity contribution in [1.82, 2.24) is 14.8 Å². The summed E-state index contributed by atoms with van der Waals surface area (Å²) in [5, 5.41) is 5.38. The average molecular weight is 429 g/mol. The van der Waals surface area contributed by atoms with E-state index in [1.807, 2.05) is 18.2 Å². The van der Waals surface area contributed by atoms with Crippen LogP contribution in [0.25, 0.3) is 10.9 Å². The van der Waals surface area contributed by atoms with Crippen LogP contribution in [-0.4, -0.2) is 75.2 Å². The van der Waals surface area contributed by atoms with Crippen LogP contribution in [0.3, 0.4) is 0 Å². The number of likely N-dealkylation sites (N-methyl/N-ethyl adjacent to an activating group) is 2. The second-order valence-corrected chi connectivity index (χ2v) is 7.15. The number of benzene rings is 1. The zero-order chi connectivity index (χ0) is 17.1. The molecule has 0 saturated carbocycles. The lowest BCUT2D eigenvalue weighted by molar-refractivity contribution is 0.312. The zero-order valence-corrected chi connectivity index (χ0v) is 17.6. The van der Waals surface area contributed by atoms with E-state index in [4.69, 9.17) is 16.6 Å². The van der Waals surface area contributed by atoms with Gasteiger partial charge in [-0.05, 0) is 39.3 Å². The molecule has 0 aliphatic carbocycles. The maximum Gasteiger partial charge on any atom is 0.131 e. The summed E-state index contributed by atoms with van der Waals surface area (Å²) in [7, 11) is 6.33. The number of anilines is 2. The van der Waals surface area contributed by atoms with Crippen LogP contribution in [0.1, 0.15) is 0 Å². The fraction of sp³-hybridized carbons (Fsp3) is 0.500. The summed E-state index contributed by atoms with van der Waals surface area (Å²) in [6, 6.07) is 8.08. The van der Waals surface area contributed by atoms with Crippen LogP contribution in [0.4, 0.5) is 11.5 Å². The maximum absolute atomic E-state index is 6.20. The summed E-state index contributed by atoms with van der Waals surface area (Å²) >= 11 is 6.20. The van der Waals surface area contributed by atoms with Crippen molar-refractivity contribution in [3.05, 3.63) is 29.3 Å². The van der Waals surface area contributed by atoms with Crippen LogP contribution >= 0.6 is 28.6 Å². The van der Waals surface area contributed by atoms with Crippen molar-refractivity contribution in [3.8, 4) is 0 Å². The summed E-state index contributed by atoms with van der Waals surface area (Å²) in [6.07, 6.45) is 0. The molecule has 0 atom stereocenters. The SMILES string of the molecule is Br.CN(C)CCNc1cc(N2CCN(C)CC2)nc2ccc(Cl)cc12. The lowest BCUT2D eigenvalue weighted by Gasteiger charge is -2.33. The van der Waals surface area contributed by atoms with E-state index in [1.165, 1.54) is 0 Å². The molecule has 1 aromatic carbocycles. The highest BCUT2D eigenvalue weighted by atomic mass is 79.9. The number of nitrogens with zero attached hydrogens (tertiary/aromatic N) is 4. The molecule has 2 aromatic rings. The van der Waals surface area contributed by atoms with Gasteiger partial charge in [0, 0.05) is 61.4 Å². The minimum absolute atomic E-state index is 0. The summed E-state index contributed by atoms with van der Waals surface area (Å²) in [5.41, 5.74) is 2.10. The number of piperazine rings is 1. The number of aromatic nitrogens is 1. The van der Waals surface area contributed by atoms with Gasteiger partial charge in [-0.15, -0.1) is 17.0 Å². The topological polar surface area (TPSA) is 34.6 Å². The predicted octanol–water partition coefficient (Wildman–Crippen LogP) is 3.19. The average Bonchev–Trinajstić information content (AvgIpc) is 2.55. The van der Waals surface area contributed by atoms with Crippen molar-refractivity contribution >= 4 is 51.0 Å². The number of nitrogens with one attached hydrogen (secondary N) is 1. The molecule has 25 heavy (non-hydrogen) atoms. The fourth-order valence-electron chi connectivity index (χ4n) is 2.94. The lowest BCUT2D eigenvalue weighted by Crippen LogP contribution is -2.44. The molecule has 0 bridgehead atoms. The molecule has 1 saturated heterocycles. The molecular formula is C18H27BrClN5. The van der Waals surface area contributed by atoms with Crippen LogP contribution in [0.5, 0.6) is 0 Å². The van der Waals surface area contributed by atoms with Crippen LogP contribution in [0, 0.1) is 0 Å². The van der Waals surface area contributed by atoms with Gasteiger partial charge in [0.1, 0.15) is 5.82 Å². The molecule has 3 rings (SSSR count). The predicted molar refractivity (Wildman–Crippen MR) is 114 cm³/mol. The molecular weight excluding hydrogens is 402 g/mol. The van der Waals surface area contributed by atoms with E-state index in [0.717, 1.165) is 66.7 Å². The first-order valence-corrected chi connectivity index (χ1v) is 8.83. The summed E-state index contributed by atoms with van der Waals surface area (Å²) in [4.78, 5) is 11.8. The molecule has 1 aromatic heterocycles. The van der Waals surface area contributed by atoms with E-state index >= 15 is 0 Å². The molecule has 1 aliphatic heterocycles. The van der Waals surface area contributed by atoms with Gasteiger partial charge in [0.25, 0.3) is 0 Å². The lowest BCUT2D eigenvalue weighted by atomic mass is 10.1. The first kappa shape index (κ1) is 20.2. The molecule has 138 valence electrons. The van der Waals surface area contributed by atoms with E-state index in [1.54, 1.807) is 0 Å². The number of hydrogen-bond acceptors (Lipinski definition) is 5. The van der Waals surface area contributed by atoms with Crippen LogP contribution in [0.2, 0.25) is 5.02 Å². The molecule has 2 heterocycles. The first-order valence-electron chi connectivity index (χ1n) is 8.45. The maximum atomic E-state index is 6.20. The molecule has 7 heteroatoms. The van der Waals surface area contributed by atoms with E-state index in [0.29, 0.717) is 0 Å². The highest BCUT2D eigenvalue weighted by Crippen LogP contribution is 2.29. The Balaban J connectivity index is 0.00000225. The molecule has 0 spiro atoms. The Morgan fingerprint density at radius 2 is 1.88 bits per heavy atom. The minimum Gasteiger partial charge on any atom is -0.383 e. The fourth-order valence-corrected chi connectivity index (χ4v) is 3.11. The van der Waals surface area contributed by atoms with E-state index in [9.17, 15) is 0 Å².